The Hall–Kier alpha value is -0.550. The van der Waals surface area contributed by atoms with Crippen LogP contribution in [0.25, 0.3) is 0 Å². The molecule has 1 amide bonds. The Labute approximate surface area is 139 Å². The van der Waals surface area contributed by atoms with Crippen molar-refractivity contribution in [3.8, 4) is 0 Å². The summed E-state index contributed by atoms with van der Waals surface area (Å²) in [5, 5.41) is 0. The molecule has 0 radical (unpaired) electrons. The van der Waals surface area contributed by atoms with Crippen molar-refractivity contribution in [2.75, 3.05) is 13.1 Å². The van der Waals surface area contributed by atoms with E-state index in [9.17, 15) is 4.79 Å². The van der Waals surface area contributed by atoms with Crippen molar-refractivity contribution in [2.45, 2.75) is 58.5 Å². The zero-order chi connectivity index (χ0) is 15.6. The smallest absolute Gasteiger partial charge is 0.410 e. The van der Waals surface area contributed by atoms with Crippen molar-refractivity contribution in [1.29, 1.82) is 0 Å². The van der Waals surface area contributed by atoms with Gasteiger partial charge in [-0.05, 0) is 80.4 Å². The molecule has 2 heterocycles. The third-order valence-corrected chi connectivity index (χ3v) is 5.58. The van der Waals surface area contributed by atoms with E-state index in [1.54, 1.807) is 0 Å². The minimum absolute atomic E-state index is 0.174. The molecule has 0 spiro atoms. The molecule has 1 saturated heterocycles. The number of nitrogens with zero attached hydrogens (tertiary/aromatic N) is 1. The highest BCUT2D eigenvalue weighted by atomic mass is 79.9. The molecule has 1 unspecified atom stereocenters. The molecule has 0 bridgehead atoms. The van der Waals surface area contributed by atoms with Crippen molar-refractivity contribution in [3.63, 3.8) is 0 Å². The van der Waals surface area contributed by atoms with Gasteiger partial charge in [-0.2, -0.15) is 0 Å². The predicted molar refractivity (Wildman–Crippen MR) is 91.2 cm³/mol. The number of aryl methyl sites for hydroxylation is 1. The molecule has 1 aliphatic heterocycles. The van der Waals surface area contributed by atoms with Gasteiger partial charge in [0.1, 0.15) is 5.60 Å². The quantitative estimate of drug-likeness (QED) is 0.666. The van der Waals surface area contributed by atoms with E-state index in [-0.39, 0.29) is 6.09 Å². The molecule has 118 valence electrons. The largest absolute Gasteiger partial charge is 0.444 e. The Morgan fingerprint density at radius 2 is 2.10 bits per heavy atom. The Morgan fingerprint density at radius 1 is 1.38 bits per heavy atom. The molecule has 2 rings (SSSR count). The van der Waals surface area contributed by atoms with Crippen LogP contribution in [0.3, 0.4) is 0 Å². The minimum Gasteiger partial charge on any atom is -0.444 e. The monoisotopic (exact) mass is 373 g/mol. The summed E-state index contributed by atoms with van der Waals surface area (Å²) < 4.78 is 6.68. The van der Waals surface area contributed by atoms with Gasteiger partial charge in [-0.15, -0.1) is 11.3 Å². The Kier molecular flexibility index (Phi) is 5.36. The Balaban J connectivity index is 1.99. The highest BCUT2D eigenvalue weighted by Gasteiger charge is 2.26. The van der Waals surface area contributed by atoms with Gasteiger partial charge < -0.3 is 9.64 Å². The first-order chi connectivity index (χ1) is 9.76. The first kappa shape index (κ1) is 16.8. The zero-order valence-electron chi connectivity index (χ0n) is 13.2. The lowest BCUT2D eigenvalue weighted by molar-refractivity contribution is 0.0256. The van der Waals surface area contributed by atoms with Gasteiger partial charge in [0.2, 0.25) is 0 Å². The number of rotatable bonds is 1. The summed E-state index contributed by atoms with van der Waals surface area (Å²) in [7, 11) is 0. The number of halogens is 1. The van der Waals surface area contributed by atoms with Gasteiger partial charge in [0.15, 0.2) is 0 Å². The molecular formula is C16H24BrNO2S. The average Bonchev–Trinajstić information content (AvgIpc) is 2.58. The molecule has 0 aliphatic carbocycles. The maximum absolute atomic E-state index is 12.2. The third-order valence-electron chi connectivity index (χ3n) is 3.68. The summed E-state index contributed by atoms with van der Waals surface area (Å²) in [4.78, 5) is 15.5. The molecule has 1 aromatic rings. The van der Waals surface area contributed by atoms with Crippen LogP contribution < -0.4 is 0 Å². The predicted octanol–water partition coefficient (Wildman–Crippen LogP) is 5.32. The second kappa shape index (κ2) is 6.69. The molecule has 3 nitrogen and oxygen atoms in total. The van der Waals surface area contributed by atoms with Crippen molar-refractivity contribution in [1.82, 2.24) is 4.90 Å². The van der Waals surface area contributed by atoms with Gasteiger partial charge in [-0.1, -0.05) is 0 Å². The summed E-state index contributed by atoms with van der Waals surface area (Å²) in [6.45, 7) is 9.51. The third kappa shape index (κ3) is 4.71. The van der Waals surface area contributed by atoms with Crippen molar-refractivity contribution in [2.24, 2.45) is 0 Å². The second-order valence-corrected chi connectivity index (χ2v) is 9.16. The van der Waals surface area contributed by atoms with Gasteiger partial charge in [0.25, 0.3) is 0 Å². The highest BCUT2D eigenvalue weighted by molar-refractivity contribution is 9.11. The number of carbonyl (C=O) groups excluding carboxylic acids is 1. The van der Waals surface area contributed by atoms with E-state index in [1.165, 1.54) is 14.2 Å². The van der Waals surface area contributed by atoms with Crippen LogP contribution >= 0.6 is 27.3 Å². The SMILES string of the molecule is Cc1cc(Br)sc1C1CCCN(C(=O)OC(C)(C)C)CC1. The van der Waals surface area contributed by atoms with Crippen LogP contribution in [0.4, 0.5) is 4.79 Å². The van der Waals surface area contributed by atoms with E-state index >= 15 is 0 Å². The number of hydrogen-bond donors (Lipinski definition) is 0. The molecule has 0 N–H and O–H groups in total. The molecule has 5 heteroatoms. The fourth-order valence-electron chi connectivity index (χ4n) is 2.73. The second-order valence-electron chi connectivity index (χ2n) is 6.69. The molecular weight excluding hydrogens is 350 g/mol. The van der Waals surface area contributed by atoms with Crippen LogP contribution in [0.1, 0.15) is 56.4 Å². The molecule has 21 heavy (non-hydrogen) atoms. The molecule has 1 aliphatic rings. The number of carbonyl (C=O) groups is 1. The number of ether oxygens (including phenoxy) is 1. The number of amides is 1. The van der Waals surface area contributed by atoms with Gasteiger partial charge >= 0.3 is 6.09 Å². The van der Waals surface area contributed by atoms with Crippen LogP contribution in [0.15, 0.2) is 9.85 Å². The minimum atomic E-state index is -0.419. The van der Waals surface area contributed by atoms with E-state index < -0.39 is 5.60 Å². The summed E-state index contributed by atoms with van der Waals surface area (Å²) in [6.07, 6.45) is 3.03. The summed E-state index contributed by atoms with van der Waals surface area (Å²) in [5.74, 6) is 0.564. The van der Waals surface area contributed by atoms with Gasteiger partial charge in [-0.25, -0.2) is 4.79 Å². The fourth-order valence-corrected chi connectivity index (χ4v) is 4.66. The fraction of sp³-hybridized carbons (Fsp3) is 0.688. The Bertz CT molecular complexity index is 507. The highest BCUT2D eigenvalue weighted by Crippen LogP contribution is 2.37. The van der Waals surface area contributed by atoms with Crippen LogP contribution in [0.2, 0.25) is 0 Å². The molecule has 1 fully saturated rings. The number of likely N-dealkylation sites (tertiary alicyclic amines) is 1. The summed E-state index contributed by atoms with van der Waals surface area (Å²) in [6, 6.07) is 2.19. The van der Waals surface area contributed by atoms with Crippen molar-refractivity contribution < 1.29 is 9.53 Å². The number of hydrogen-bond acceptors (Lipinski definition) is 3. The molecule has 1 aromatic heterocycles. The van der Waals surface area contributed by atoms with Crippen LogP contribution in [0, 0.1) is 6.92 Å². The lowest BCUT2D eigenvalue weighted by Gasteiger charge is -2.26. The van der Waals surface area contributed by atoms with Crippen molar-refractivity contribution in [3.05, 3.63) is 20.3 Å². The first-order valence-electron chi connectivity index (χ1n) is 7.50. The number of thiophene rings is 1. The van der Waals surface area contributed by atoms with E-state index in [2.05, 4.69) is 28.9 Å². The lowest BCUT2D eigenvalue weighted by atomic mass is 9.97. The van der Waals surface area contributed by atoms with E-state index in [0.29, 0.717) is 5.92 Å². The van der Waals surface area contributed by atoms with Crippen LogP contribution in [0.5, 0.6) is 0 Å². The van der Waals surface area contributed by atoms with Gasteiger partial charge in [0.05, 0.1) is 3.79 Å². The molecule has 0 aromatic carbocycles. The Morgan fingerprint density at radius 3 is 2.67 bits per heavy atom. The summed E-state index contributed by atoms with van der Waals surface area (Å²) >= 11 is 5.40. The van der Waals surface area contributed by atoms with Gasteiger partial charge in [-0.3, -0.25) is 0 Å². The van der Waals surface area contributed by atoms with E-state index in [4.69, 9.17) is 4.74 Å². The van der Waals surface area contributed by atoms with Gasteiger partial charge in [0, 0.05) is 18.0 Å². The standard InChI is InChI=1S/C16H24BrNO2S/c1-11-10-13(17)21-14(11)12-6-5-8-18(9-7-12)15(19)20-16(2,3)4/h10,12H,5-9H2,1-4H3. The average molecular weight is 374 g/mol. The van der Waals surface area contributed by atoms with Crippen LogP contribution in [-0.2, 0) is 4.74 Å². The normalized spacial score (nSPS) is 20.2. The van der Waals surface area contributed by atoms with Crippen molar-refractivity contribution >= 4 is 33.4 Å². The zero-order valence-corrected chi connectivity index (χ0v) is 15.6. The molecule has 0 saturated carbocycles. The lowest BCUT2D eigenvalue weighted by Crippen LogP contribution is -2.37. The maximum atomic E-state index is 12.2. The maximum Gasteiger partial charge on any atom is 0.410 e. The summed E-state index contributed by atoms with van der Waals surface area (Å²) in [5.41, 5.74) is 0.945. The topological polar surface area (TPSA) is 29.5 Å². The molecule has 1 atom stereocenters. The van der Waals surface area contributed by atoms with E-state index in [0.717, 1.165) is 32.4 Å². The van der Waals surface area contributed by atoms with E-state index in [1.807, 2.05) is 37.0 Å². The van der Waals surface area contributed by atoms with Crippen LogP contribution in [-0.4, -0.2) is 29.7 Å². The first-order valence-corrected chi connectivity index (χ1v) is 9.11.